The molecule has 16 heavy (non-hydrogen) atoms. The summed E-state index contributed by atoms with van der Waals surface area (Å²) >= 11 is 0. The zero-order valence-electron chi connectivity index (χ0n) is 8.50. The molecule has 0 aromatic carbocycles. The molecular formula is C12H10N2O2. The molecule has 0 fully saturated rings. The lowest BCUT2D eigenvalue weighted by atomic mass is 10.1. The van der Waals surface area contributed by atoms with E-state index in [2.05, 4.69) is 9.97 Å². The summed E-state index contributed by atoms with van der Waals surface area (Å²) in [5.41, 5.74) is 1.80. The minimum absolute atomic E-state index is 0.230. The van der Waals surface area contributed by atoms with Crippen LogP contribution in [-0.4, -0.2) is 21.0 Å². The lowest BCUT2D eigenvalue weighted by molar-refractivity contribution is 0.0695. The van der Waals surface area contributed by atoms with E-state index in [4.69, 9.17) is 5.11 Å². The van der Waals surface area contributed by atoms with Gasteiger partial charge in [-0.05, 0) is 23.8 Å². The topological polar surface area (TPSA) is 63.1 Å². The monoisotopic (exact) mass is 214 g/mol. The molecule has 0 saturated heterocycles. The Hall–Kier alpha value is -2.23. The Labute approximate surface area is 92.6 Å². The van der Waals surface area contributed by atoms with Gasteiger partial charge in [0.1, 0.15) is 0 Å². The molecule has 2 aromatic heterocycles. The summed E-state index contributed by atoms with van der Waals surface area (Å²) in [5.74, 6) is -0.959. The number of aromatic nitrogens is 2. The van der Waals surface area contributed by atoms with Crippen molar-refractivity contribution in [3.8, 4) is 0 Å². The Balaban J connectivity index is 2.31. The fourth-order valence-corrected chi connectivity index (χ4v) is 1.47. The third kappa shape index (κ3) is 2.23. The van der Waals surface area contributed by atoms with Crippen molar-refractivity contribution in [2.24, 2.45) is 0 Å². The lowest BCUT2D eigenvalue weighted by Gasteiger charge is -2.04. The van der Waals surface area contributed by atoms with Gasteiger partial charge >= 0.3 is 5.97 Å². The molecule has 0 unspecified atom stereocenters. The van der Waals surface area contributed by atoms with E-state index in [9.17, 15) is 4.79 Å². The molecule has 0 aliphatic rings. The van der Waals surface area contributed by atoms with E-state index in [0.29, 0.717) is 6.42 Å². The summed E-state index contributed by atoms with van der Waals surface area (Å²) in [6.07, 6.45) is 5.15. The van der Waals surface area contributed by atoms with Crippen LogP contribution in [0, 0.1) is 0 Å². The van der Waals surface area contributed by atoms with Gasteiger partial charge < -0.3 is 5.11 Å². The van der Waals surface area contributed by atoms with Gasteiger partial charge in [-0.1, -0.05) is 6.07 Å². The van der Waals surface area contributed by atoms with Crippen LogP contribution in [0.3, 0.4) is 0 Å². The third-order valence-corrected chi connectivity index (χ3v) is 2.24. The molecule has 0 saturated carbocycles. The number of carboxylic acid groups (broad SMARTS) is 1. The summed E-state index contributed by atoms with van der Waals surface area (Å²) in [6, 6.07) is 7.28. The van der Waals surface area contributed by atoms with Gasteiger partial charge in [0.05, 0.1) is 5.56 Å². The number of hydrogen-bond acceptors (Lipinski definition) is 3. The van der Waals surface area contributed by atoms with E-state index < -0.39 is 5.97 Å². The van der Waals surface area contributed by atoms with Crippen LogP contribution < -0.4 is 0 Å². The fourth-order valence-electron chi connectivity index (χ4n) is 1.47. The third-order valence-electron chi connectivity index (χ3n) is 2.24. The van der Waals surface area contributed by atoms with Crippen LogP contribution >= 0.6 is 0 Å². The molecule has 0 atom stereocenters. The molecule has 0 spiro atoms. The first kappa shape index (κ1) is 10.3. The van der Waals surface area contributed by atoms with Crippen molar-refractivity contribution >= 4 is 5.97 Å². The largest absolute Gasteiger partial charge is 0.478 e. The van der Waals surface area contributed by atoms with Crippen LogP contribution in [0.15, 0.2) is 42.9 Å². The summed E-state index contributed by atoms with van der Waals surface area (Å²) in [6.45, 7) is 0. The van der Waals surface area contributed by atoms with Gasteiger partial charge in [0.15, 0.2) is 0 Å². The Morgan fingerprint density at radius 3 is 2.81 bits per heavy atom. The normalized spacial score (nSPS) is 10.0. The predicted molar refractivity (Wildman–Crippen MR) is 58.2 cm³/mol. The van der Waals surface area contributed by atoms with Gasteiger partial charge in [-0.15, -0.1) is 0 Å². The maximum Gasteiger partial charge on any atom is 0.337 e. The Bertz CT molecular complexity index is 497. The van der Waals surface area contributed by atoms with Gasteiger partial charge in [-0.3, -0.25) is 9.97 Å². The van der Waals surface area contributed by atoms with Crippen LogP contribution in [0.1, 0.15) is 21.6 Å². The van der Waals surface area contributed by atoms with Crippen LogP contribution in [-0.2, 0) is 6.42 Å². The first-order valence-electron chi connectivity index (χ1n) is 4.83. The molecule has 0 bridgehead atoms. The number of aromatic carboxylic acids is 1. The zero-order valence-corrected chi connectivity index (χ0v) is 8.50. The van der Waals surface area contributed by atoms with Crippen molar-refractivity contribution in [1.82, 2.24) is 9.97 Å². The molecule has 4 heteroatoms. The average molecular weight is 214 g/mol. The molecule has 1 N–H and O–H groups in total. The summed E-state index contributed by atoms with van der Waals surface area (Å²) in [7, 11) is 0. The predicted octanol–water partition coefficient (Wildman–Crippen LogP) is 1.77. The number of carbonyl (C=O) groups is 1. The lowest BCUT2D eigenvalue weighted by Crippen LogP contribution is -2.04. The smallest absolute Gasteiger partial charge is 0.337 e. The summed E-state index contributed by atoms with van der Waals surface area (Å²) in [5, 5.41) is 8.98. The molecule has 2 rings (SSSR count). The molecule has 0 aliphatic carbocycles. The van der Waals surface area contributed by atoms with Gasteiger partial charge in [0.2, 0.25) is 0 Å². The van der Waals surface area contributed by atoms with Crippen molar-refractivity contribution in [3.63, 3.8) is 0 Å². The summed E-state index contributed by atoms with van der Waals surface area (Å²) in [4.78, 5) is 18.9. The molecule has 4 nitrogen and oxygen atoms in total. The van der Waals surface area contributed by atoms with Crippen LogP contribution in [0.5, 0.6) is 0 Å². The number of hydrogen-bond donors (Lipinski definition) is 1. The molecule has 0 amide bonds. The second-order valence-electron chi connectivity index (χ2n) is 3.34. The van der Waals surface area contributed by atoms with Gasteiger partial charge in [0.25, 0.3) is 0 Å². The standard InChI is InChI=1S/C12H10N2O2/c15-12(16)11-8-13-6-4-9(11)7-10-3-1-2-5-14-10/h1-6,8H,7H2,(H,15,16). The zero-order chi connectivity index (χ0) is 11.4. The Kier molecular flexibility index (Phi) is 2.91. The van der Waals surface area contributed by atoms with Gasteiger partial charge in [0, 0.05) is 30.7 Å². The van der Waals surface area contributed by atoms with Crippen molar-refractivity contribution < 1.29 is 9.90 Å². The SMILES string of the molecule is O=C(O)c1cnccc1Cc1ccccn1. The molecule has 0 radical (unpaired) electrons. The average Bonchev–Trinajstić information content (AvgIpc) is 2.31. The number of pyridine rings is 2. The second kappa shape index (κ2) is 4.53. The maximum atomic E-state index is 11.0. The van der Waals surface area contributed by atoms with Gasteiger partial charge in [-0.2, -0.15) is 0 Å². The molecule has 80 valence electrons. The quantitative estimate of drug-likeness (QED) is 0.845. The second-order valence-corrected chi connectivity index (χ2v) is 3.34. The number of rotatable bonds is 3. The van der Waals surface area contributed by atoms with E-state index in [1.54, 1.807) is 18.5 Å². The van der Waals surface area contributed by atoms with Crippen molar-refractivity contribution in [2.45, 2.75) is 6.42 Å². The minimum Gasteiger partial charge on any atom is -0.478 e. The maximum absolute atomic E-state index is 11.0. The Morgan fingerprint density at radius 1 is 1.25 bits per heavy atom. The fraction of sp³-hybridized carbons (Fsp3) is 0.0833. The molecule has 2 heterocycles. The highest BCUT2D eigenvalue weighted by Gasteiger charge is 2.10. The minimum atomic E-state index is -0.959. The highest BCUT2D eigenvalue weighted by atomic mass is 16.4. The van der Waals surface area contributed by atoms with Crippen molar-refractivity contribution in [3.05, 3.63) is 59.7 Å². The van der Waals surface area contributed by atoms with Crippen LogP contribution in [0.25, 0.3) is 0 Å². The van der Waals surface area contributed by atoms with E-state index in [1.807, 2.05) is 18.2 Å². The van der Waals surface area contributed by atoms with Crippen molar-refractivity contribution in [2.75, 3.05) is 0 Å². The molecule has 0 aliphatic heterocycles. The van der Waals surface area contributed by atoms with Crippen molar-refractivity contribution in [1.29, 1.82) is 0 Å². The van der Waals surface area contributed by atoms with E-state index >= 15 is 0 Å². The number of nitrogens with zero attached hydrogens (tertiary/aromatic N) is 2. The van der Waals surface area contributed by atoms with E-state index in [0.717, 1.165) is 11.3 Å². The highest BCUT2D eigenvalue weighted by molar-refractivity contribution is 5.89. The van der Waals surface area contributed by atoms with E-state index in [1.165, 1.54) is 6.20 Å². The molecular weight excluding hydrogens is 204 g/mol. The summed E-state index contributed by atoms with van der Waals surface area (Å²) < 4.78 is 0. The van der Waals surface area contributed by atoms with Crippen LogP contribution in [0.2, 0.25) is 0 Å². The van der Waals surface area contributed by atoms with E-state index in [-0.39, 0.29) is 5.56 Å². The molecule has 2 aromatic rings. The Morgan fingerprint density at radius 2 is 2.12 bits per heavy atom. The van der Waals surface area contributed by atoms with Crippen LogP contribution in [0.4, 0.5) is 0 Å². The number of carboxylic acids is 1. The first-order chi connectivity index (χ1) is 7.77. The first-order valence-corrected chi connectivity index (χ1v) is 4.83. The highest BCUT2D eigenvalue weighted by Crippen LogP contribution is 2.11. The van der Waals surface area contributed by atoms with Gasteiger partial charge in [-0.25, -0.2) is 4.79 Å².